The molecule has 0 radical (unpaired) electrons. The molecule has 0 spiro atoms. The van der Waals surface area contributed by atoms with Crippen molar-refractivity contribution in [2.45, 2.75) is 0 Å². The first-order valence-electron chi connectivity index (χ1n) is 2.42. The summed E-state index contributed by atoms with van der Waals surface area (Å²) < 4.78 is 0. The number of nitriles is 1. The van der Waals surface area contributed by atoms with Crippen LogP contribution in [0.2, 0.25) is 5.15 Å². The monoisotopic (exact) mass is 154 g/mol. The lowest BCUT2D eigenvalue weighted by atomic mass is 10.5. The van der Waals surface area contributed by atoms with E-state index in [1.165, 1.54) is 6.20 Å². The number of hydrogen-bond donors (Lipinski definition) is 1. The molecule has 0 saturated carbocycles. The minimum Gasteiger partial charge on any atom is -0.395 e. The molecule has 0 aliphatic rings. The summed E-state index contributed by atoms with van der Waals surface area (Å²) in [6.07, 6.45) is 1.30. The summed E-state index contributed by atoms with van der Waals surface area (Å²) in [5.41, 5.74) is 5.56. The summed E-state index contributed by atoms with van der Waals surface area (Å²) in [4.78, 5) is 7.14. The normalized spacial score (nSPS) is 8.80. The Morgan fingerprint density at radius 3 is 2.90 bits per heavy atom. The lowest BCUT2D eigenvalue weighted by molar-refractivity contribution is 1.12. The topological polar surface area (TPSA) is 75.6 Å². The lowest BCUT2D eigenvalue weighted by Crippen LogP contribution is -1.94. The van der Waals surface area contributed by atoms with E-state index < -0.39 is 0 Å². The van der Waals surface area contributed by atoms with Gasteiger partial charge < -0.3 is 5.73 Å². The molecule has 0 amide bonds. The highest BCUT2D eigenvalue weighted by Crippen LogP contribution is 2.12. The molecule has 1 aromatic heterocycles. The molecule has 0 aromatic carbocycles. The Bertz CT molecular complexity index is 290. The van der Waals surface area contributed by atoms with E-state index in [0.717, 1.165) is 0 Å². The molecule has 2 N–H and O–H groups in total. The maximum Gasteiger partial charge on any atom is 0.233 e. The summed E-state index contributed by atoms with van der Waals surface area (Å²) in [5, 5.41) is 8.40. The van der Waals surface area contributed by atoms with Gasteiger partial charge in [0.1, 0.15) is 6.07 Å². The first kappa shape index (κ1) is 6.78. The molecule has 0 atom stereocenters. The van der Waals surface area contributed by atoms with Crippen LogP contribution in [0.25, 0.3) is 0 Å². The first-order chi connectivity index (χ1) is 4.74. The molecule has 0 bridgehead atoms. The average molecular weight is 155 g/mol. The van der Waals surface area contributed by atoms with Crippen molar-refractivity contribution in [3.63, 3.8) is 0 Å². The van der Waals surface area contributed by atoms with Gasteiger partial charge in [-0.1, -0.05) is 11.6 Å². The van der Waals surface area contributed by atoms with Crippen molar-refractivity contribution in [1.82, 2.24) is 9.97 Å². The van der Waals surface area contributed by atoms with Gasteiger partial charge in [0, 0.05) is 0 Å². The van der Waals surface area contributed by atoms with Crippen LogP contribution in [0.15, 0.2) is 6.20 Å². The van der Waals surface area contributed by atoms with Crippen molar-refractivity contribution < 1.29 is 0 Å². The summed E-state index contributed by atoms with van der Waals surface area (Å²) in [7, 11) is 0. The maximum absolute atomic E-state index is 8.28. The second-order valence-corrected chi connectivity index (χ2v) is 1.91. The number of nitrogens with zero attached hydrogens (tertiary/aromatic N) is 3. The predicted octanol–water partition coefficient (Wildman–Crippen LogP) is 0.584. The van der Waals surface area contributed by atoms with E-state index >= 15 is 0 Å². The van der Waals surface area contributed by atoms with Gasteiger partial charge in [-0.15, -0.1) is 0 Å². The summed E-state index contributed by atoms with van der Waals surface area (Å²) in [5.74, 6) is 0.0270. The highest BCUT2D eigenvalue weighted by molar-refractivity contribution is 6.31. The van der Waals surface area contributed by atoms with Gasteiger partial charge in [-0.2, -0.15) is 5.26 Å². The number of hydrogen-bond acceptors (Lipinski definition) is 4. The van der Waals surface area contributed by atoms with Crippen LogP contribution in [0.1, 0.15) is 5.82 Å². The number of halogens is 1. The van der Waals surface area contributed by atoms with E-state index in [9.17, 15) is 0 Å². The molecule has 0 saturated heterocycles. The predicted molar refractivity (Wildman–Crippen MR) is 36.2 cm³/mol. The van der Waals surface area contributed by atoms with Crippen LogP contribution in [-0.4, -0.2) is 9.97 Å². The fourth-order valence-corrected chi connectivity index (χ4v) is 0.553. The fraction of sp³-hybridized carbons (Fsp3) is 0. The Hall–Kier alpha value is -1.34. The van der Waals surface area contributed by atoms with Gasteiger partial charge in [0.15, 0.2) is 5.15 Å². The summed E-state index contributed by atoms with van der Waals surface area (Å²) in [6, 6.07) is 1.73. The van der Waals surface area contributed by atoms with E-state index in [2.05, 4.69) is 9.97 Å². The van der Waals surface area contributed by atoms with Crippen LogP contribution in [-0.2, 0) is 0 Å². The Morgan fingerprint density at radius 1 is 1.70 bits per heavy atom. The first-order valence-corrected chi connectivity index (χ1v) is 2.80. The number of rotatable bonds is 0. The largest absolute Gasteiger partial charge is 0.395 e. The van der Waals surface area contributed by atoms with Crippen LogP contribution in [0.3, 0.4) is 0 Å². The van der Waals surface area contributed by atoms with Gasteiger partial charge in [0.2, 0.25) is 5.82 Å². The zero-order valence-electron chi connectivity index (χ0n) is 4.87. The summed E-state index contributed by atoms with van der Waals surface area (Å²) in [6.45, 7) is 0. The van der Waals surface area contributed by atoms with Crippen molar-refractivity contribution >= 4 is 17.3 Å². The second-order valence-electron chi connectivity index (χ2n) is 1.55. The van der Waals surface area contributed by atoms with Gasteiger partial charge in [0.25, 0.3) is 0 Å². The minimum atomic E-state index is 0.0270. The Kier molecular flexibility index (Phi) is 1.69. The lowest BCUT2D eigenvalue weighted by Gasteiger charge is -1.92. The molecule has 1 heterocycles. The molecule has 0 fully saturated rings. The molecule has 4 nitrogen and oxygen atoms in total. The highest BCUT2D eigenvalue weighted by Gasteiger charge is 1.98. The second kappa shape index (κ2) is 2.50. The number of aromatic nitrogens is 2. The zero-order chi connectivity index (χ0) is 7.56. The molecule has 10 heavy (non-hydrogen) atoms. The van der Waals surface area contributed by atoms with Gasteiger partial charge in [-0.25, -0.2) is 9.97 Å². The third-order valence-corrected chi connectivity index (χ3v) is 1.17. The Labute approximate surface area is 62.3 Å². The average Bonchev–Trinajstić information content (AvgIpc) is 1.95. The zero-order valence-corrected chi connectivity index (χ0v) is 5.63. The molecular formula is C5H3ClN4. The van der Waals surface area contributed by atoms with Crippen LogP contribution < -0.4 is 5.73 Å². The number of nitrogens with two attached hydrogens (primary N) is 1. The molecule has 0 unspecified atom stereocenters. The minimum absolute atomic E-state index is 0.0270. The van der Waals surface area contributed by atoms with E-state index in [1.807, 2.05) is 0 Å². The molecule has 50 valence electrons. The van der Waals surface area contributed by atoms with Crippen molar-refractivity contribution in [2.75, 3.05) is 5.73 Å². The van der Waals surface area contributed by atoms with E-state index in [-0.39, 0.29) is 16.7 Å². The number of anilines is 1. The van der Waals surface area contributed by atoms with Gasteiger partial charge in [-0.05, 0) is 0 Å². The Balaban J connectivity index is 3.20. The quantitative estimate of drug-likeness (QED) is 0.555. The van der Waals surface area contributed by atoms with Crippen molar-refractivity contribution in [1.29, 1.82) is 5.26 Å². The maximum atomic E-state index is 8.28. The van der Waals surface area contributed by atoms with E-state index in [0.29, 0.717) is 0 Å². The van der Waals surface area contributed by atoms with Crippen LogP contribution in [0, 0.1) is 11.3 Å². The highest BCUT2D eigenvalue weighted by atomic mass is 35.5. The van der Waals surface area contributed by atoms with Crippen molar-refractivity contribution in [2.24, 2.45) is 0 Å². The SMILES string of the molecule is N#Cc1ncc(N)c(Cl)n1. The van der Waals surface area contributed by atoms with Crippen LogP contribution >= 0.6 is 11.6 Å². The molecule has 1 rings (SSSR count). The van der Waals surface area contributed by atoms with Crippen LogP contribution in [0.4, 0.5) is 5.69 Å². The Morgan fingerprint density at radius 2 is 2.40 bits per heavy atom. The van der Waals surface area contributed by atoms with E-state index in [4.69, 9.17) is 22.6 Å². The molecule has 1 aromatic rings. The molecule has 0 aliphatic carbocycles. The molecule has 5 heteroatoms. The third-order valence-electron chi connectivity index (χ3n) is 0.868. The standard InChI is InChI=1S/C5H3ClN4/c6-5-3(8)2-9-4(1-7)10-5/h2H,8H2. The van der Waals surface area contributed by atoms with Crippen molar-refractivity contribution in [3.05, 3.63) is 17.2 Å². The van der Waals surface area contributed by atoms with Crippen LogP contribution in [0.5, 0.6) is 0 Å². The fourth-order valence-electron chi connectivity index (χ4n) is 0.424. The van der Waals surface area contributed by atoms with Gasteiger partial charge in [0.05, 0.1) is 11.9 Å². The smallest absolute Gasteiger partial charge is 0.233 e. The summed E-state index contributed by atoms with van der Waals surface area (Å²) >= 11 is 5.47. The number of nitrogen functional groups attached to an aromatic ring is 1. The molecular weight excluding hydrogens is 152 g/mol. The molecule has 0 aliphatic heterocycles. The third kappa shape index (κ3) is 1.14. The van der Waals surface area contributed by atoms with Crippen molar-refractivity contribution in [3.8, 4) is 6.07 Å². The van der Waals surface area contributed by atoms with Gasteiger partial charge >= 0.3 is 0 Å². The van der Waals surface area contributed by atoms with Gasteiger partial charge in [-0.3, -0.25) is 0 Å². The van der Waals surface area contributed by atoms with E-state index in [1.54, 1.807) is 6.07 Å².